The van der Waals surface area contributed by atoms with Crippen LogP contribution in [0, 0.1) is 0 Å². The second-order valence-corrected chi connectivity index (χ2v) is 2.43. The molecule has 0 saturated carbocycles. The summed E-state index contributed by atoms with van der Waals surface area (Å²) in [6, 6.07) is 0. The Morgan fingerprint density at radius 2 is 2.10 bits per heavy atom. The summed E-state index contributed by atoms with van der Waals surface area (Å²) in [7, 11) is -4.36. The van der Waals surface area contributed by atoms with Crippen LogP contribution in [0.1, 0.15) is 0 Å². The average Bonchev–Trinajstić information content (AvgIpc) is 1.63. The van der Waals surface area contributed by atoms with Gasteiger partial charge < -0.3 is 15.5 Å². The lowest BCUT2D eigenvalue weighted by molar-refractivity contribution is 0.127. The Hall–Kier alpha value is 0.247. The molecule has 0 aromatic heterocycles. The SMILES string of the molecule is NCCNOP(=O)(O)O.[SiH4]. The molecule has 6 nitrogen and oxygen atoms in total. The van der Waals surface area contributed by atoms with Gasteiger partial charge >= 0.3 is 7.82 Å². The van der Waals surface area contributed by atoms with Crippen LogP contribution in [0.25, 0.3) is 0 Å². The van der Waals surface area contributed by atoms with Crippen molar-refractivity contribution in [1.82, 2.24) is 5.48 Å². The molecule has 8 heteroatoms. The van der Waals surface area contributed by atoms with Gasteiger partial charge in [-0.3, -0.25) is 0 Å². The van der Waals surface area contributed by atoms with Crippen molar-refractivity contribution in [2.75, 3.05) is 13.1 Å². The van der Waals surface area contributed by atoms with E-state index in [-0.39, 0.29) is 24.1 Å². The molecule has 0 aliphatic rings. The molecule has 0 aromatic carbocycles. The smallest absolute Gasteiger partial charge is 0.329 e. The number of hydrogen-bond acceptors (Lipinski definition) is 4. The van der Waals surface area contributed by atoms with E-state index in [9.17, 15) is 4.57 Å². The van der Waals surface area contributed by atoms with E-state index in [0.29, 0.717) is 0 Å². The molecule has 0 aliphatic carbocycles. The minimum Gasteiger partial charge on any atom is -0.329 e. The predicted octanol–water partition coefficient (Wildman–Crippen LogP) is -2.89. The van der Waals surface area contributed by atoms with E-state index in [1.54, 1.807) is 0 Å². The van der Waals surface area contributed by atoms with E-state index in [1.165, 1.54) is 0 Å². The monoisotopic (exact) mass is 188 g/mol. The maximum atomic E-state index is 9.87. The van der Waals surface area contributed by atoms with E-state index in [4.69, 9.17) is 15.5 Å². The Bertz CT molecular complexity index is 116. The zero-order chi connectivity index (χ0) is 7.33. The second-order valence-electron chi connectivity index (χ2n) is 1.26. The first-order valence-corrected chi connectivity index (χ1v) is 3.76. The lowest BCUT2D eigenvalue weighted by atomic mass is 10.7. The highest BCUT2D eigenvalue weighted by Gasteiger charge is 2.12. The summed E-state index contributed by atoms with van der Waals surface area (Å²) in [5.74, 6) is 0. The molecule has 0 heterocycles. The molecule has 0 bridgehead atoms. The van der Waals surface area contributed by atoms with Crippen molar-refractivity contribution in [1.29, 1.82) is 0 Å². The molecule has 0 rings (SSSR count). The Morgan fingerprint density at radius 1 is 1.60 bits per heavy atom. The number of nitrogens with one attached hydrogen (secondary N) is 1. The van der Waals surface area contributed by atoms with Gasteiger partial charge in [0.25, 0.3) is 0 Å². The Balaban J connectivity index is 0. The van der Waals surface area contributed by atoms with Crippen molar-refractivity contribution >= 4 is 18.8 Å². The maximum Gasteiger partial charge on any atom is 0.486 e. The number of hydrogen-bond donors (Lipinski definition) is 4. The van der Waals surface area contributed by atoms with Crippen molar-refractivity contribution in [3.63, 3.8) is 0 Å². The van der Waals surface area contributed by atoms with E-state index in [1.807, 2.05) is 5.48 Å². The average molecular weight is 188 g/mol. The van der Waals surface area contributed by atoms with Gasteiger partial charge in [0, 0.05) is 13.1 Å². The van der Waals surface area contributed by atoms with Crippen LogP contribution in [0.5, 0.6) is 0 Å². The van der Waals surface area contributed by atoms with Crippen molar-refractivity contribution in [2.24, 2.45) is 5.73 Å². The standard InChI is InChI=1S/C2H9N2O4P.H4Si/c3-1-2-4-8-9(5,6)7;/h4H,1-3H2,(H2,5,6,7);1H4. The number of hydroxylamine groups is 1. The topological polar surface area (TPSA) is 105 Å². The third-order valence-corrected chi connectivity index (χ3v) is 0.797. The zero-order valence-corrected chi connectivity index (χ0v) is 5.54. The fourth-order valence-electron chi connectivity index (χ4n) is 0.189. The molecule has 5 N–H and O–H groups in total. The molecule has 0 fully saturated rings. The highest BCUT2D eigenvalue weighted by molar-refractivity contribution is 7.46. The largest absolute Gasteiger partial charge is 0.486 e. The van der Waals surface area contributed by atoms with Gasteiger partial charge in [0.05, 0.1) is 0 Å². The number of rotatable bonds is 4. The summed E-state index contributed by atoms with van der Waals surface area (Å²) in [5.41, 5.74) is 6.95. The van der Waals surface area contributed by atoms with Crippen LogP contribution in [-0.4, -0.2) is 33.8 Å². The van der Waals surface area contributed by atoms with Gasteiger partial charge in [-0.25, -0.2) is 4.57 Å². The Kier molecular flexibility index (Phi) is 7.72. The van der Waals surface area contributed by atoms with Gasteiger partial charge in [0.15, 0.2) is 0 Å². The lowest BCUT2D eigenvalue weighted by Crippen LogP contribution is -2.21. The first-order valence-electron chi connectivity index (χ1n) is 2.23. The molecule has 0 unspecified atom stereocenters. The molecule has 0 aromatic rings. The molecule has 0 spiro atoms. The molecule has 64 valence electrons. The molecule has 0 saturated heterocycles. The van der Waals surface area contributed by atoms with Crippen LogP contribution in [0.4, 0.5) is 0 Å². The normalized spacial score (nSPS) is 10.7. The van der Waals surface area contributed by atoms with Crippen LogP contribution < -0.4 is 11.2 Å². The van der Waals surface area contributed by atoms with Gasteiger partial charge in [-0.1, -0.05) is 0 Å². The molecular weight excluding hydrogens is 175 g/mol. The highest BCUT2D eigenvalue weighted by atomic mass is 31.2. The van der Waals surface area contributed by atoms with Gasteiger partial charge in [-0.2, -0.15) is 10.1 Å². The van der Waals surface area contributed by atoms with Gasteiger partial charge in [0.1, 0.15) is 0 Å². The maximum absolute atomic E-state index is 9.87. The summed E-state index contributed by atoms with van der Waals surface area (Å²) in [6.45, 7) is 0.477. The van der Waals surface area contributed by atoms with Gasteiger partial charge in [-0.05, 0) is 11.0 Å². The molecule has 0 radical (unpaired) electrons. The fourth-order valence-corrected chi connectivity index (χ4v) is 0.448. The molecule has 10 heavy (non-hydrogen) atoms. The number of nitrogens with two attached hydrogens (primary N) is 1. The van der Waals surface area contributed by atoms with Crippen LogP contribution in [0.2, 0.25) is 0 Å². The zero-order valence-electron chi connectivity index (χ0n) is 4.65. The van der Waals surface area contributed by atoms with Gasteiger partial charge in [-0.15, -0.1) is 0 Å². The summed E-state index contributed by atoms with van der Waals surface area (Å²) in [6.07, 6.45) is 0. The minimum atomic E-state index is -4.36. The predicted molar refractivity (Wildman–Crippen MR) is 41.5 cm³/mol. The van der Waals surface area contributed by atoms with Crippen LogP contribution in [0.3, 0.4) is 0 Å². The summed E-state index contributed by atoms with van der Waals surface area (Å²) >= 11 is 0. The first kappa shape index (κ1) is 12.9. The van der Waals surface area contributed by atoms with Crippen LogP contribution in [-0.2, 0) is 9.19 Å². The van der Waals surface area contributed by atoms with E-state index < -0.39 is 7.82 Å². The minimum absolute atomic E-state index is 0. The molecular formula is C2H13N2O4PSi. The van der Waals surface area contributed by atoms with E-state index in [2.05, 4.69) is 4.62 Å². The number of phosphoric acid groups is 1. The quantitative estimate of drug-likeness (QED) is 0.163. The Labute approximate surface area is 63.0 Å². The highest BCUT2D eigenvalue weighted by Crippen LogP contribution is 2.33. The lowest BCUT2D eigenvalue weighted by Gasteiger charge is -2.03. The van der Waals surface area contributed by atoms with Gasteiger partial charge in [0.2, 0.25) is 0 Å². The molecule has 0 amide bonds. The van der Waals surface area contributed by atoms with Crippen molar-refractivity contribution in [2.45, 2.75) is 0 Å². The van der Waals surface area contributed by atoms with Crippen molar-refractivity contribution < 1.29 is 19.0 Å². The molecule has 0 aliphatic heterocycles. The molecule has 0 atom stereocenters. The third-order valence-electron chi connectivity index (χ3n) is 0.430. The summed E-state index contributed by atoms with van der Waals surface area (Å²) in [4.78, 5) is 16.1. The summed E-state index contributed by atoms with van der Waals surface area (Å²) < 4.78 is 13.7. The van der Waals surface area contributed by atoms with Crippen molar-refractivity contribution in [3.8, 4) is 0 Å². The van der Waals surface area contributed by atoms with Crippen LogP contribution in [0.15, 0.2) is 0 Å². The fraction of sp³-hybridized carbons (Fsp3) is 1.00. The Morgan fingerprint density at radius 3 is 2.40 bits per heavy atom. The third kappa shape index (κ3) is 11.1. The van der Waals surface area contributed by atoms with E-state index >= 15 is 0 Å². The van der Waals surface area contributed by atoms with Crippen molar-refractivity contribution in [3.05, 3.63) is 0 Å². The summed E-state index contributed by atoms with van der Waals surface area (Å²) in [5, 5.41) is 0. The first-order chi connectivity index (χ1) is 4.06. The van der Waals surface area contributed by atoms with E-state index in [0.717, 1.165) is 0 Å². The van der Waals surface area contributed by atoms with Crippen LogP contribution >= 0.6 is 7.82 Å². The second kappa shape index (κ2) is 5.99.